The molecule has 3 aromatic rings. The molecule has 172 valence electrons. The van der Waals surface area contributed by atoms with Crippen molar-refractivity contribution in [3.05, 3.63) is 65.4 Å². The van der Waals surface area contributed by atoms with Gasteiger partial charge in [-0.2, -0.15) is 9.78 Å². The molecule has 1 aromatic heterocycles. The van der Waals surface area contributed by atoms with Crippen LogP contribution in [0.1, 0.15) is 47.3 Å². The molecule has 0 saturated heterocycles. The van der Waals surface area contributed by atoms with Gasteiger partial charge in [-0.1, -0.05) is 49.4 Å². The van der Waals surface area contributed by atoms with Crippen LogP contribution in [0.3, 0.4) is 0 Å². The van der Waals surface area contributed by atoms with Gasteiger partial charge < -0.3 is 5.32 Å². The van der Waals surface area contributed by atoms with E-state index in [9.17, 15) is 18.0 Å². The highest BCUT2D eigenvalue weighted by atomic mass is 32.2. The number of amides is 1. The molecule has 0 bridgehead atoms. The number of sulfonamides is 1. The largest absolute Gasteiger partial charge is 0.310 e. The second kappa shape index (κ2) is 8.92. The van der Waals surface area contributed by atoms with Gasteiger partial charge in [0, 0.05) is 24.9 Å². The van der Waals surface area contributed by atoms with Crippen LogP contribution in [0.5, 0.6) is 0 Å². The molecule has 2 heterocycles. The van der Waals surface area contributed by atoms with Crippen molar-refractivity contribution < 1.29 is 18.0 Å². The summed E-state index contributed by atoms with van der Waals surface area (Å²) in [6.45, 7) is 5.68. The van der Waals surface area contributed by atoms with Crippen LogP contribution in [0, 0.1) is 13.8 Å². The van der Waals surface area contributed by atoms with E-state index in [0.29, 0.717) is 22.4 Å². The topological polar surface area (TPSA) is 110 Å². The van der Waals surface area contributed by atoms with Crippen molar-refractivity contribution >= 4 is 27.7 Å². The molecule has 33 heavy (non-hydrogen) atoms. The smallest absolute Gasteiger partial charge is 0.249 e. The molecule has 0 spiro atoms. The molecule has 2 N–H and O–H groups in total. The van der Waals surface area contributed by atoms with Crippen LogP contribution in [0.4, 0.5) is 5.82 Å². The van der Waals surface area contributed by atoms with Crippen LogP contribution < -0.4 is 10.0 Å². The van der Waals surface area contributed by atoms with Gasteiger partial charge in [0.2, 0.25) is 21.8 Å². The van der Waals surface area contributed by atoms with Gasteiger partial charge in [-0.05, 0) is 42.5 Å². The van der Waals surface area contributed by atoms with Crippen molar-refractivity contribution in [2.24, 2.45) is 0 Å². The number of carbonyl (C=O) groups is 2. The Morgan fingerprint density at radius 3 is 2.55 bits per heavy atom. The van der Waals surface area contributed by atoms with Crippen molar-refractivity contribution in [2.45, 2.75) is 44.4 Å². The Morgan fingerprint density at radius 1 is 1.09 bits per heavy atom. The number of benzene rings is 2. The number of fused-ring (bicyclic) bond motifs is 1. The third-order valence-corrected chi connectivity index (χ3v) is 7.40. The zero-order chi connectivity index (χ0) is 23.8. The molecule has 2 aromatic carbocycles. The SMILES string of the molecule is Cc1ccc(-c2c(C)nn3c2NC(=O)CCC3=O)cc1S(=O)(=O)NCC(C)c1ccccc1. The molecule has 0 aliphatic carbocycles. The van der Waals surface area contributed by atoms with Crippen LogP contribution in [-0.4, -0.2) is 36.6 Å². The second-order valence-electron chi connectivity index (χ2n) is 8.31. The van der Waals surface area contributed by atoms with Crippen LogP contribution in [0.25, 0.3) is 11.1 Å². The molecule has 1 aliphatic heterocycles. The number of aryl methyl sites for hydroxylation is 2. The number of carbonyl (C=O) groups excluding carboxylic acids is 2. The Bertz CT molecular complexity index is 1330. The first kappa shape index (κ1) is 22.9. The van der Waals surface area contributed by atoms with Gasteiger partial charge >= 0.3 is 0 Å². The fraction of sp³-hybridized carbons (Fsp3) is 0.292. The predicted octanol–water partition coefficient (Wildman–Crippen LogP) is 3.62. The maximum atomic E-state index is 13.2. The highest BCUT2D eigenvalue weighted by Crippen LogP contribution is 2.35. The van der Waals surface area contributed by atoms with E-state index in [1.165, 1.54) is 4.68 Å². The van der Waals surface area contributed by atoms with Gasteiger partial charge in [0.05, 0.1) is 10.6 Å². The summed E-state index contributed by atoms with van der Waals surface area (Å²) in [5.41, 5.74) is 3.26. The summed E-state index contributed by atoms with van der Waals surface area (Å²) in [5, 5.41) is 7.05. The molecule has 0 saturated carbocycles. The molecule has 9 heteroatoms. The maximum absolute atomic E-state index is 13.2. The highest BCUT2D eigenvalue weighted by Gasteiger charge is 2.27. The van der Waals surface area contributed by atoms with E-state index in [0.717, 1.165) is 5.56 Å². The molecule has 1 amide bonds. The van der Waals surface area contributed by atoms with Gasteiger partial charge in [0.1, 0.15) is 5.82 Å². The first-order valence-corrected chi connectivity index (χ1v) is 12.2. The molecule has 1 unspecified atom stereocenters. The first-order chi connectivity index (χ1) is 15.7. The molecule has 1 atom stereocenters. The average molecular weight is 467 g/mol. The number of hydrogen-bond acceptors (Lipinski definition) is 5. The van der Waals surface area contributed by atoms with Crippen molar-refractivity contribution in [1.29, 1.82) is 0 Å². The lowest BCUT2D eigenvalue weighted by Crippen LogP contribution is -2.28. The quantitative estimate of drug-likeness (QED) is 0.577. The van der Waals surface area contributed by atoms with E-state index in [1.807, 2.05) is 37.3 Å². The van der Waals surface area contributed by atoms with Gasteiger partial charge in [-0.25, -0.2) is 13.1 Å². The molecule has 4 rings (SSSR count). The van der Waals surface area contributed by atoms with Gasteiger partial charge in [-0.3, -0.25) is 9.59 Å². The number of rotatable bonds is 6. The van der Waals surface area contributed by atoms with E-state index in [2.05, 4.69) is 15.1 Å². The fourth-order valence-electron chi connectivity index (χ4n) is 3.95. The Labute approximate surface area is 193 Å². The minimum Gasteiger partial charge on any atom is -0.310 e. The Kier molecular flexibility index (Phi) is 6.18. The maximum Gasteiger partial charge on any atom is 0.249 e. The van der Waals surface area contributed by atoms with E-state index >= 15 is 0 Å². The van der Waals surface area contributed by atoms with Crippen LogP contribution in [-0.2, 0) is 14.8 Å². The Balaban J connectivity index is 1.68. The normalized spacial score (nSPS) is 15.0. The number of aromatic nitrogens is 2. The summed E-state index contributed by atoms with van der Waals surface area (Å²) in [7, 11) is -3.80. The van der Waals surface area contributed by atoms with Crippen molar-refractivity contribution in [1.82, 2.24) is 14.5 Å². The third kappa shape index (κ3) is 4.60. The third-order valence-electron chi connectivity index (χ3n) is 5.83. The lowest BCUT2D eigenvalue weighted by Gasteiger charge is -2.15. The molecular weight excluding hydrogens is 440 g/mol. The lowest BCUT2D eigenvalue weighted by atomic mass is 10.0. The van der Waals surface area contributed by atoms with Crippen molar-refractivity contribution in [3.8, 4) is 11.1 Å². The number of anilines is 1. The zero-order valence-corrected chi connectivity index (χ0v) is 19.6. The molecular formula is C24H26N4O4S. The summed E-state index contributed by atoms with van der Waals surface area (Å²) >= 11 is 0. The second-order valence-corrected chi connectivity index (χ2v) is 10.0. The number of nitrogens with one attached hydrogen (secondary N) is 2. The minimum absolute atomic E-state index is 0.000578. The van der Waals surface area contributed by atoms with Crippen LogP contribution in [0.2, 0.25) is 0 Å². The summed E-state index contributed by atoms with van der Waals surface area (Å²) in [6.07, 6.45) is 0.147. The summed E-state index contributed by atoms with van der Waals surface area (Å²) in [4.78, 5) is 24.7. The monoisotopic (exact) mass is 466 g/mol. The number of nitrogens with zero attached hydrogens (tertiary/aromatic N) is 2. The number of hydrogen-bond donors (Lipinski definition) is 2. The van der Waals surface area contributed by atoms with Gasteiger partial charge in [0.25, 0.3) is 0 Å². The van der Waals surface area contributed by atoms with Crippen molar-refractivity contribution in [2.75, 3.05) is 11.9 Å². The lowest BCUT2D eigenvalue weighted by molar-refractivity contribution is -0.116. The molecule has 0 fully saturated rings. The van der Waals surface area contributed by atoms with E-state index < -0.39 is 10.0 Å². The summed E-state index contributed by atoms with van der Waals surface area (Å²) in [6, 6.07) is 14.8. The predicted molar refractivity (Wildman–Crippen MR) is 126 cm³/mol. The van der Waals surface area contributed by atoms with E-state index in [-0.39, 0.29) is 47.8 Å². The van der Waals surface area contributed by atoms with Crippen molar-refractivity contribution in [3.63, 3.8) is 0 Å². The van der Waals surface area contributed by atoms with Gasteiger partial charge in [-0.15, -0.1) is 0 Å². The molecule has 1 aliphatic rings. The fourth-order valence-corrected chi connectivity index (χ4v) is 5.35. The first-order valence-electron chi connectivity index (χ1n) is 10.8. The van der Waals surface area contributed by atoms with E-state index in [1.54, 1.807) is 32.0 Å². The molecule has 8 nitrogen and oxygen atoms in total. The minimum atomic E-state index is -3.80. The summed E-state index contributed by atoms with van der Waals surface area (Å²) < 4.78 is 30.3. The average Bonchev–Trinajstić information content (AvgIpc) is 3.05. The van der Waals surface area contributed by atoms with Gasteiger partial charge in [0.15, 0.2) is 0 Å². The zero-order valence-electron chi connectivity index (χ0n) is 18.8. The highest BCUT2D eigenvalue weighted by molar-refractivity contribution is 7.89. The molecule has 0 radical (unpaired) electrons. The standard InChI is InChI=1S/C24H26N4O4S/c1-15-9-10-19(23-17(3)27-28-22(30)12-11-21(29)26-24(23)28)13-20(15)33(31,32)25-14-16(2)18-7-5-4-6-8-18/h4-10,13,16,25H,11-12,14H2,1-3H3,(H,26,29). The summed E-state index contributed by atoms with van der Waals surface area (Å²) in [5.74, 6) is -0.286. The Hall–Kier alpha value is -3.30. The van der Waals surface area contributed by atoms with E-state index in [4.69, 9.17) is 0 Å². The van der Waals surface area contributed by atoms with Crippen LogP contribution in [0.15, 0.2) is 53.4 Å². The van der Waals surface area contributed by atoms with Crippen LogP contribution >= 0.6 is 0 Å². The Morgan fingerprint density at radius 2 is 1.82 bits per heavy atom.